The predicted octanol–water partition coefficient (Wildman–Crippen LogP) is 5.27. The summed E-state index contributed by atoms with van der Waals surface area (Å²) in [5.74, 6) is -0.621. The molecular weight excluding hydrogens is 651 g/mol. The molecule has 1 atom stereocenters. The molecule has 4 aromatic rings. The van der Waals surface area contributed by atoms with Crippen LogP contribution in [0.1, 0.15) is 11.5 Å². The van der Waals surface area contributed by atoms with Gasteiger partial charge in [-0.3, -0.25) is 9.11 Å². The van der Waals surface area contributed by atoms with Crippen molar-refractivity contribution in [2.75, 3.05) is 10.6 Å². The molecular formula is C32H28K2N2O6S2. The Kier molecular flexibility index (Phi) is 11.6. The van der Waals surface area contributed by atoms with Gasteiger partial charge < -0.3 is 10.6 Å². The summed E-state index contributed by atoms with van der Waals surface area (Å²) in [4.78, 5) is 0. The Morgan fingerprint density at radius 1 is 0.659 bits per heavy atom. The Balaban J connectivity index is 0.00000221. The zero-order valence-electron chi connectivity index (χ0n) is 22.0. The molecule has 216 valence electrons. The van der Waals surface area contributed by atoms with Gasteiger partial charge in [-0.25, -0.2) is 0 Å². The molecule has 0 radical (unpaired) electrons. The SMILES string of the molecule is O=S(=O)(O)C1(S(=O)(=O)O)C=CC=C2C1=C(Nc1ccccc1)C=CC2c1ccc(Nc2ccccc2)c2ccccc12.[KH].[KH]. The number of para-hydroxylation sites is 2. The van der Waals surface area contributed by atoms with Gasteiger partial charge in [-0.15, -0.1) is 0 Å². The van der Waals surface area contributed by atoms with Crippen LogP contribution in [0, 0.1) is 0 Å². The molecule has 44 heavy (non-hydrogen) atoms. The van der Waals surface area contributed by atoms with E-state index in [1.807, 2.05) is 72.8 Å². The van der Waals surface area contributed by atoms with Crippen molar-refractivity contribution in [1.82, 2.24) is 0 Å². The number of nitrogens with one attached hydrogen (secondary N) is 2. The summed E-state index contributed by atoms with van der Waals surface area (Å²) in [7, 11) is -10.9. The van der Waals surface area contributed by atoms with Crippen molar-refractivity contribution in [1.29, 1.82) is 0 Å². The fraction of sp³-hybridized carbons (Fsp3) is 0.0625. The third-order valence-electron chi connectivity index (χ3n) is 7.45. The summed E-state index contributed by atoms with van der Waals surface area (Å²) >= 11 is 0. The molecule has 0 bridgehead atoms. The number of rotatable bonds is 7. The third kappa shape index (κ3) is 6.62. The number of hydrogen-bond acceptors (Lipinski definition) is 6. The van der Waals surface area contributed by atoms with E-state index in [1.54, 1.807) is 42.5 Å². The average molecular weight is 679 g/mol. The molecule has 0 spiro atoms. The van der Waals surface area contributed by atoms with Crippen LogP contribution in [0.4, 0.5) is 17.1 Å². The summed E-state index contributed by atoms with van der Waals surface area (Å²) in [5.41, 5.74) is 3.21. The van der Waals surface area contributed by atoms with Gasteiger partial charge in [0, 0.05) is 39.6 Å². The monoisotopic (exact) mass is 678 g/mol. The van der Waals surface area contributed by atoms with Crippen molar-refractivity contribution in [3.8, 4) is 0 Å². The summed E-state index contributed by atoms with van der Waals surface area (Å²) in [6.07, 6.45) is 7.06. The molecule has 2 aliphatic rings. The molecule has 12 heteroatoms. The summed E-state index contributed by atoms with van der Waals surface area (Å²) < 4.78 is 69.4. The van der Waals surface area contributed by atoms with Gasteiger partial charge in [0.1, 0.15) is 0 Å². The molecule has 8 nitrogen and oxygen atoms in total. The Bertz CT molecular complexity index is 2010. The standard InChI is InChI=1S/C32H26N2O6S2.2K.2H/c35-41(36,37)32(42(38,39)40)21-9-16-28-26(18-20-30(31(28)32)34-23-12-5-2-6-13-23)25-17-19-29(27-15-8-7-14-24(25)27)33-22-10-3-1-4-11-22;;;;/h1-21,26,33-34H,(H,35,36,37)(H,38,39,40);;;;. The van der Waals surface area contributed by atoms with E-state index < -0.39 is 30.2 Å². The van der Waals surface area contributed by atoms with E-state index in [4.69, 9.17) is 0 Å². The Hall–Kier alpha value is -1.21. The Morgan fingerprint density at radius 3 is 1.80 bits per heavy atom. The molecule has 0 fully saturated rings. The van der Waals surface area contributed by atoms with E-state index in [-0.39, 0.29) is 114 Å². The van der Waals surface area contributed by atoms with Gasteiger partial charge in [0.05, 0.1) is 0 Å². The van der Waals surface area contributed by atoms with Gasteiger partial charge in [0.15, 0.2) is 0 Å². The van der Waals surface area contributed by atoms with Crippen molar-refractivity contribution >= 4 is 151 Å². The first-order valence-electron chi connectivity index (χ1n) is 13.0. The summed E-state index contributed by atoms with van der Waals surface area (Å²) in [5, 5.41) is 8.26. The predicted molar refractivity (Wildman–Crippen MR) is 180 cm³/mol. The van der Waals surface area contributed by atoms with E-state index in [1.165, 1.54) is 6.08 Å². The third-order valence-corrected chi connectivity index (χ3v) is 10.9. The van der Waals surface area contributed by atoms with Gasteiger partial charge in [-0.05, 0) is 59.0 Å². The molecule has 4 N–H and O–H groups in total. The van der Waals surface area contributed by atoms with Gasteiger partial charge in [0.25, 0.3) is 24.3 Å². The van der Waals surface area contributed by atoms with Crippen LogP contribution in [0.2, 0.25) is 0 Å². The quantitative estimate of drug-likeness (QED) is 0.154. The average Bonchev–Trinajstić information content (AvgIpc) is 2.97. The summed E-state index contributed by atoms with van der Waals surface area (Å²) in [6, 6.07) is 30.0. The Morgan fingerprint density at radius 2 is 1.20 bits per heavy atom. The Labute approximate surface area is 341 Å². The molecule has 4 aromatic carbocycles. The second-order valence-electron chi connectivity index (χ2n) is 9.95. The van der Waals surface area contributed by atoms with Crippen molar-refractivity contribution in [3.05, 3.63) is 150 Å². The minimum atomic E-state index is -5.44. The number of allylic oxidation sites excluding steroid dienone is 5. The van der Waals surface area contributed by atoms with E-state index >= 15 is 0 Å². The minimum absolute atomic E-state index is 0. The summed E-state index contributed by atoms with van der Waals surface area (Å²) in [6.45, 7) is 0. The van der Waals surface area contributed by atoms with Gasteiger partial charge in [-0.2, -0.15) is 16.8 Å². The molecule has 6 rings (SSSR count). The van der Waals surface area contributed by atoms with E-state index in [0.717, 1.165) is 33.8 Å². The molecule has 0 aliphatic heterocycles. The first-order valence-corrected chi connectivity index (χ1v) is 15.9. The topological polar surface area (TPSA) is 133 Å². The van der Waals surface area contributed by atoms with E-state index in [9.17, 15) is 25.9 Å². The molecule has 0 saturated carbocycles. The number of benzene rings is 4. The maximum absolute atomic E-state index is 12.9. The molecule has 0 saturated heterocycles. The van der Waals surface area contributed by atoms with Crippen molar-refractivity contribution < 1.29 is 25.9 Å². The van der Waals surface area contributed by atoms with Crippen LogP contribution in [0.3, 0.4) is 0 Å². The molecule has 2 aliphatic carbocycles. The molecule has 0 heterocycles. The van der Waals surface area contributed by atoms with Crippen molar-refractivity contribution in [3.63, 3.8) is 0 Å². The van der Waals surface area contributed by atoms with Crippen LogP contribution in [0.5, 0.6) is 0 Å². The molecule has 0 amide bonds. The van der Waals surface area contributed by atoms with E-state index in [0.29, 0.717) is 11.3 Å². The fourth-order valence-electron chi connectivity index (χ4n) is 5.62. The zero-order chi connectivity index (χ0) is 29.5. The van der Waals surface area contributed by atoms with Crippen molar-refractivity contribution in [2.45, 2.75) is 10.00 Å². The van der Waals surface area contributed by atoms with E-state index in [2.05, 4.69) is 10.6 Å². The van der Waals surface area contributed by atoms with Gasteiger partial charge in [0.2, 0.25) is 0 Å². The fourth-order valence-corrected chi connectivity index (χ4v) is 8.16. The van der Waals surface area contributed by atoms with Crippen LogP contribution in [0.15, 0.2) is 144 Å². The zero-order valence-corrected chi connectivity index (χ0v) is 23.7. The molecule has 0 aromatic heterocycles. The normalized spacial score (nSPS) is 17.1. The van der Waals surface area contributed by atoms with Crippen LogP contribution in [-0.4, -0.2) is 133 Å². The van der Waals surface area contributed by atoms with Crippen molar-refractivity contribution in [2.24, 2.45) is 0 Å². The van der Waals surface area contributed by atoms with Gasteiger partial charge >= 0.3 is 103 Å². The number of anilines is 3. The van der Waals surface area contributed by atoms with Crippen LogP contribution in [0.25, 0.3) is 10.8 Å². The maximum atomic E-state index is 12.9. The van der Waals surface area contributed by atoms with Crippen LogP contribution < -0.4 is 10.6 Å². The van der Waals surface area contributed by atoms with Crippen LogP contribution >= 0.6 is 0 Å². The number of fused-ring (bicyclic) bond motifs is 2. The van der Waals surface area contributed by atoms with Crippen LogP contribution in [-0.2, 0) is 20.2 Å². The first-order chi connectivity index (χ1) is 20.1. The second kappa shape index (κ2) is 14.3. The molecule has 1 unspecified atom stereocenters. The van der Waals surface area contributed by atoms with Gasteiger partial charge in [-0.1, -0.05) is 85.0 Å². The number of hydrogen-bond donors (Lipinski definition) is 4. The second-order valence-corrected chi connectivity index (χ2v) is 13.4. The first kappa shape index (κ1) is 35.6.